The molecule has 1 unspecified atom stereocenters. The zero-order valence-electron chi connectivity index (χ0n) is 14.0. The number of carbonyl (C=O) groups excluding carboxylic acids is 2. The van der Waals surface area contributed by atoms with E-state index in [1.807, 2.05) is 26.0 Å². The van der Waals surface area contributed by atoms with Crippen molar-refractivity contribution in [2.75, 3.05) is 20.0 Å². The van der Waals surface area contributed by atoms with Crippen LogP contribution in [0.2, 0.25) is 0 Å². The third kappa shape index (κ3) is 6.18. The highest BCUT2D eigenvalue weighted by Gasteiger charge is 2.25. The van der Waals surface area contributed by atoms with Gasteiger partial charge >= 0.3 is 0 Å². The second kappa shape index (κ2) is 9.53. The Labute approximate surface area is 151 Å². The molecule has 0 aliphatic heterocycles. The quantitative estimate of drug-likeness (QED) is 0.649. The zero-order valence-corrected chi connectivity index (χ0v) is 16.5. The minimum Gasteiger partial charge on any atom is -0.530 e. The van der Waals surface area contributed by atoms with E-state index in [9.17, 15) is 14.7 Å². The lowest BCUT2D eigenvalue weighted by Gasteiger charge is -2.22. The van der Waals surface area contributed by atoms with Crippen LogP contribution in [0.3, 0.4) is 0 Å². The molecule has 0 spiro atoms. The van der Waals surface area contributed by atoms with Gasteiger partial charge in [-0.2, -0.15) is 0 Å². The van der Waals surface area contributed by atoms with E-state index in [4.69, 9.17) is 20.9 Å². The highest BCUT2D eigenvalue weighted by molar-refractivity contribution is 8.68. The zero-order chi connectivity index (χ0) is 18.3. The van der Waals surface area contributed by atoms with Crippen LogP contribution < -0.4 is 10.4 Å². The van der Waals surface area contributed by atoms with Crippen molar-refractivity contribution in [2.45, 2.75) is 25.8 Å². The van der Waals surface area contributed by atoms with Crippen molar-refractivity contribution in [2.24, 2.45) is 0 Å². The molecule has 134 valence electrons. The molecule has 1 amide bonds. The van der Waals surface area contributed by atoms with E-state index in [2.05, 4.69) is 5.32 Å². The lowest BCUT2D eigenvalue weighted by molar-refractivity contribution is -0.251. The van der Waals surface area contributed by atoms with Gasteiger partial charge < -0.3 is 24.3 Å². The molecule has 0 saturated heterocycles. The summed E-state index contributed by atoms with van der Waals surface area (Å²) in [6.07, 6.45) is -1.51. The molecular formula is C15H21NO5PS2-. The Morgan fingerprint density at radius 2 is 1.88 bits per heavy atom. The van der Waals surface area contributed by atoms with Gasteiger partial charge in [0.25, 0.3) is 0 Å². The molecule has 1 aromatic carbocycles. The molecule has 9 heteroatoms. The highest BCUT2D eigenvalue weighted by Crippen LogP contribution is 2.59. The Morgan fingerprint density at radius 1 is 1.29 bits per heavy atom. The van der Waals surface area contributed by atoms with Gasteiger partial charge in [-0.3, -0.25) is 4.79 Å². The van der Waals surface area contributed by atoms with E-state index < -0.39 is 17.8 Å². The summed E-state index contributed by atoms with van der Waals surface area (Å²) in [7, 11) is 2.84. The van der Waals surface area contributed by atoms with Gasteiger partial charge in [-0.05, 0) is 28.9 Å². The SMILES string of the molecule is COP(=S)(OC)SCC(=O)C(NC(=O)[O-])c1cccc(C(C)C)c1. The number of amides is 1. The molecule has 0 aliphatic rings. The van der Waals surface area contributed by atoms with Gasteiger partial charge in [0.05, 0.1) is 5.75 Å². The molecule has 0 bridgehead atoms. The Kier molecular flexibility index (Phi) is 8.39. The molecule has 0 saturated carbocycles. The number of carbonyl (C=O) groups is 2. The summed E-state index contributed by atoms with van der Waals surface area (Å²) < 4.78 is 10.2. The molecule has 0 heterocycles. The number of Topliss-reactive ketones (excluding diaryl/α,β-unsaturated/α-hetero) is 1. The third-order valence-corrected chi connectivity index (χ3v) is 9.00. The summed E-state index contributed by atoms with van der Waals surface area (Å²) in [5, 5.41) is 13.1. The maximum atomic E-state index is 12.5. The van der Waals surface area contributed by atoms with E-state index in [-0.39, 0.29) is 17.5 Å². The van der Waals surface area contributed by atoms with Gasteiger partial charge in [-0.1, -0.05) is 49.5 Å². The van der Waals surface area contributed by atoms with Gasteiger partial charge in [0.1, 0.15) is 12.1 Å². The third-order valence-electron chi connectivity index (χ3n) is 3.31. The van der Waals surface area contributed by atoms with Crippen molar-refractivity contribution >= 4 is 40.8 Å². The topological polar surface area (TPSA) is 87.7 Å². The summed E-state index contributed by atoms with van der Waals surface area (Å²) in [5.74, 6) is -0.116. The number of carboxylic acid groups (broad SMARTS) is 1. The number of hydrogen-bond acceptors (Lipinski definition) is 7. The number of rotatable bonds is 9. The van der Waals surface area contributed by atoms with Gasteiger partial charge in [-0.25, -0.2) is 0 Å². The minimum atomic E-state index is -2.59. The van der Waals surface area contributed by atoms with Crippen molar-refractivity contribution in [1.29, 1.82) is 0 Å². The van der Waals surface area contributed by atoms with E-state index in [0.717, 1.165) is 16.9 Å². The van der Waals surface area contributed by atoms with Crippen LogP contribution in [0.5, 0.6) is 0 Å². The fourth-order valence-electron chi connectivity index (χ4n) is 1.97. The van der Waals surface area contributed by atoms with Crippen molar-refractivity contribution in [3.63, 3.8) is 0 Å². The summed E-state index contributed by atoms with van der Waals surface area (Å²) in [6.45, 7) is 4.04. The Bertz CT molecular complexity index is 630. The predicted molar refractivity (Wildman–Crippen MR) is 97.6 cm³/mol. The second-order valence-corrected chi connectivity index (χ2v) is 11.8. The first kappa shape index (κ1) is 21.1. The molecule has 0 aliphatic carbocycles. The predicted octanol–water partition coefficient (Wildman–Crippen LogP) is 2.60. The summed E-state index contributed by atoms with van der Waals surface area (Å²) in [6, 6.07) is 6.23. The first-order valence-corrected chi connectivity index (χ1v) is 11.4. The Morgan fingerprint density at radius 3 is 2.38 bits per heavy atom. The van der Waals surface area contributed by atoms with E-state index in [1.165, 1.54) is 14.2 Å². The lowest BCUT2D eigenvalue weighted by Crippen LogP contribution is -2.42. The average molecular weight is 390 g/mol. The molecule has 0 aromatic heterocycles. The van der Waals surface area contributed by atoms with E-state index in [1.54, 1.807) is 12.1 Å². The molecule has 1 atom stereocenters. The van der Waals surface area contributed by atoms with Crippen molar-refractivity contribution in [3.8, 4) is 0 Å². The average Bonchev–Trinajstić information content (AvgIpc) is 2.57. The van der Waals surface area contributed by atoms with Crippen LogP contribution in [-0.4, -0.2) is 31.8 Å². The molecule has 1 aromatic rings. The maximum absolute atomic E-state index is 12.5. The van der Waals surface area contributed by atoms with Crippen LogP contribution in [0.4, 0.5) is 4.79 Å². The van der Waals surface area contributed by atoms with Gasteiger partial charge in [0.2, 0.25) is 5.69 Å². The standard InChI is InChI=1S/C15H22NO5PS2/c1-10(2)11-6-5-7-12(8-11)14(16-15(18)19)13(17)9-24-22(23,20-3)21-4/h5-8,10,14,16H,9H2,1-4H3,(H,18,19)/p-1. The molecular weight excluding hydrogens is 369 g/mol. The number of benzene rings is 1. The van der Waals surface area contributed by atoms with Gasteiger partial charge in [-0.15, -0.1) is 0 Å². The van der Waals surface area contributed by atoms with E-state index in [0.29, 0.717) is 5.56 Å². The maximum Gasteiger partial charge on any atom is 0.247 e. The summed E-state index contributed by atoms with van der Waals surface area (Å²) >= 11 is 6.27. The summed E-state index contributed by atoms with van der Waals surface area (Å²) in [4.78, 5) is 23.5. The smallest absolute Gasteiger partial charge is 0.247 e. The van der Waals surface area contributed by atoms with Crippen molar-refractivity contribution < 1.29 is 23.7 Å². The largest absolute Gasteiger partial charge is 0.530 e. The van der Waals surface area contributed by atoms with E-state index >= 15 is 0 Å². The Hall–Kier alpha value is -0.920. The normalized spacial score (nSPS) is 12.9. The van der Waals surface area contributed by atoms with Crippen LogP contribution in [0.15, 0.2) is 24.3 Å². The molecule has 0 radical (unpaired) electrons. The van der Waals surface area contributed by atoms with Crippen LogP contribution in [-0.2, 0) is 25.6 Å². The first-order chi connectivity index (χ1) is 11.2. The van der Waals surface area contributed by atoms with Crippen LogP contribution in [0.25, 0.3) is 0 Å². The first-order valence-electron chi connectivity index (χ1n) is 7.18. The molecule has 24 heavy (non-hydrogen) atoms. The molecule has 0 fully saturated rings. The molecule has 6 nitrogen and oxygen atoms in total. The molecule has 1 rings (SSSR count). The Balaban J connectivity index is 3.00. The monoisotopic (exact) mass is 390 g/mol. The van der Waals surface area contributed by atoms with Gasteiger partial charge in [0.15, 0.2) is 5.78 Å². The van der Waals surface area contributed by atoms with Gasteiger partial charge in [0, 0.05) is 14.2 Å². The minimum absolute atomic E-state index is 0.0319. The van der Waals surface area contributed by atoms with Crippen LogP contribution in [0.1, 0.15) is 36.9 Å². The fraction of sp³-hybridized carbons (Fsp3) is 0.467. The van der Waals surface area contributed by atoms with Crippen LogP contribution in [0, 0.1) is 0 Å². The number of hydrogen-bond donors (Lipinski definition) is 1. The number of nitrogens with one attached hydrogen (secondary N) is 1. The van der Waals surface area contributed by atoms with Crippen molar-refractivity contribution in [1.82, 2.24) is 5.32 Å². The van der Waals surface area contributed by atoms with Crippen molar-refractivity contribution in [3.05, 3.63) is 35.4 Å². The molecule has 1 N–H and O–H groups in total. The number of ketones is 1. The second-order valence-electron chi connectivity index (χ2n) is 5.24. The fourth-order valence-corrected chi connectivity index (χ4v) is 4.75. The lowest BCUT2D eigenvalue weighted by atomic mass is 9.96. The van der Waals surface area contributed by atoms with Crippen LogP contribution >= 0.6 is 17.1 Å². The summed E-state index contributed by atoms with van der Waals surface area (Å²) in [5.41, 5.74) is -1.01. The highest BCUT2D eigenvalue weighted by atomic mass is 32.9.